The van der Waals surface area contributed by atoms with E-state index in [9.17, 15) is 9.59 Å². The summed E-state index contributed by atoms with van der Waals surface area (Å²) in [7, 11) is 1.76. The number of imidazole rings is 1. The van der Waals surface area contributed by atoms with Gasteiger partial charge < -0.3 is 14.4 Å². The molecule has 2 aliphatic heterocycles. The van der Waals surface area contributed by atoms with Crippen LogP contribution >= 0.6 is 0 Å². The van der Waals surface area contributed by atoms with Crippen molar-refractivity contribution in [1.82, 2.24) is 14.5 Å². The van der Waals surface area contributed by atoms with Crippen LogP contribution in [-0.4, -0.2) is 46.4 Å². The molecule has 2 aliphatic rings. The number of anilines is 1. The Morgan fingerprint density at radius 1 is 1.07 bits per heavy atom. The average molecular weight is 380 g/mol. The molecule has 28 heavy (non-hydrogen) atoms. The van der Waals surface area contributed by atoms with Crippen molar-refractivity contribution < 1.29 is 9.59 Å². The minimum absolute atomic E-state index is 0.0311. The van der Waals surface area contributed by atoms with Crippen molar-refractivity contribution >= 4 is 17.5 Å². The van der Waals surface area contributed by atoms with Crippen molar-refractivity contribution in [3.8, 4) is 0 Å². The molecular weight excluding hydrogens is 352 g/mol. The summed E-state index contributed by atoms with van der Waals surface area (Å²) in [5, 5.41) is 0. The van der Waals surface area contributed by atoms with Gasteiger partial charge in [0.15, 0.2) is 11.5 Å². The second-order valence-corrected chi connectivity index (χ2v) is 8.01. The van der Waals surface area contributed by atoms with Gasteiger partial charge in [0.05, 0.1) is 5.69 Å². The lowest BCUT2D eigenvalue weighted by atomic mass is 9.99. The average Bonchev–Trinajstić information content (AvgIpc) is 3.13. The topological polar surface area (TPSA) is 58.4 Å². The molecule has 0 saturated carbocycles. The van der Waals surface area contributed by atoms with Crippen molar-refractivity contribution in [3.05, 3.63) is 47.5 Å². The lowest BCUT2D eigenvalue weighted by Gasteiger charge is -2.30. The Kier molecular flexibility index (Phi) is 5.20. The molecule has 3 heterocycles. The van der Waals surface area contributed by atoms with Gasteiger partial charge in [0, 0.05) is 32.4 Å². The summed E-state index contributed by atoms with van der Waals surface area (Å²) < 4.78 is 2.00. The first-order chi connectivity index (χ1) is 13.6. The maximum absolute atomic E-state index is 13.2. The van der Waals surface area contributed by atoms with E-state index in [2.05, 4.69) is 11.9 Å². The van der Waals surface area contributed by atoms with E-state index < -0.39 is 0 Å². The molecule has 2 amide bonds. The Balaban J connectivity index is 1.65. The van der Waals surface area contributed by atoms with E-state index in [1.807, 2.05) is 39.8 Å². The summed E-state index contributed by atoms with van der Waals surface area (Å²) in [5.74, 6) is 0.920. The van der Waals surface area contributed by atoms with E-state index in [4.69, 9.17) is 0 Å². The number of para-hydroxylation sites is 1. The fraction of sp³-hybridized carbons (Fsp3) is 0.500. The fourth-order valence-corrected chi connectivity index (χ4v) is 4.16. The zero-order valence-electron chi connectivity index (χ0n) is 16.7. The maximum Gasteiger partial charge on any atom is 0.289 e. The molecule has 148 valence electrons. The highest BCUT2D eigenvalue weighted by Crippen LogP contribution is 2.26. The van der Waals surface area contributed by atoms with Crippen molar-refractivity contribution in [2.75, 3.05) is 25.0 Å². The molecular formula is C22H28N4O2. The van der Waals surface area contributed by atoms with E-state index in [1.54, 1.807) is 11.9 Å². The first kappa shape index (κ1) is 18.7. The van der Waals surface area contributed by atoms with Crippen LogP contribution in [0.5, 0.6) is 0 Å². The molecule has 0 radical (unpaired) electrons. The summed E-state index contributed by atoms with van der Waals surface area (Å²) >= 11 is 0. The van der Waals surface area contributed by atoms with Gasteiger partial charge in [0.2, 0.25) is 0 Å². The first-order valence-electron chi connectivity index (χ1n) is 10.3. The molecule has 0 N–H and O–H groups in total. The van der Waals surface area contributed by atoms with Crippen LogP contribution in [0.1, 0.15) is 59.4 Å². The van der Waals surface area contributed by atoms with Gasteiger partial charge in [0.25, 0.3) is 11.8 Å². The minimum Gasteiger partial charge on any atom is -0.336 e. The number of hydrogen-bond donors (Lipinski definition) is 0. The number of piperidine rings is 1. The molecule has 0 aliphatic carbocycles. The van der Waals surface area contributed by atoms with Crippen molar-refractivity contribution in [2.24, 2.45) is 5.92 Å². The molecule has 1 saturated heterocycles. The fourth-order valence-electron chi connectivity index (χ4n) is 4.16. The van der Waals surface area contributed by atoms with Gasteiger partial charge >= 0.3 is 0 Å². The highest BCUT2D eigenvalue weighted by Gasteiger charge is 2.32. The summed E-state index contributed by atoms with van der Waals surface area (Å²) in [6, 6.07) is 9.56. The summed E-state index contributed by atoms with van der Waals surface area (Å²) in [6.45, 7) is 4.54. The Morgan fingerprint density at radius 3 is 2.50 bits per heavy atom. The number of hydrogen-bond acceptors (Lipinski definition) is 3. The smallest absolute Gasteiger partial charge is 0.289 e. The van der Waals surface area contributed by atoms with Crippen LogP contribution in [0.4, 0.5) is 5.69 Å². The largest absolute Gasteiger partial charge is 0.336 e. The Morgan fingerprint density at radius 2 is 1.79 bits per heavy atom. The summed E-state index contributed by atoms with van der Waals surface area (Å²) in [4.78, 5) is 34.5. The number of rotatable bonds is 3. The number of likely N-dealkylation sites (tertiary alicyclic amines) is 1. The van der Waals surface area contributed by atoms with Gasteiger partial charge in [-0.25, -0.2) is 4.98 Å². The van der Waals surface area contributed by atoms with E-state index in [0.29, 0.717) is 17.4 Å². The van der Waals surface area contributed by atoms with Gasteiger partial charge in [-0.15, -0.1) is 0 Å². The number of carbonyl (C=O) groups excluding carboxylic acids is 2. The third kappa shape index (κ3) is 3.43. The molecule has 0 spiro atoms. The molecule has 1 aromatic carbocycles. The molecule has 4 rings (SSSR count). The third-order valence-electron chi connectivity index (χ3n) is 6.03. The van der Waals surface area contributed by atoms with Crippen LogP contribution in [0.15, 0.2) is 30.3 Å². The molecule has 6 nitrogen and oxygen atoms in total. The van der Waals surface area contributed by atoms with Crippen LogP contribution in [0.2, 0.25) is 0 Å². The van der Waals surface area contributed by atoms with E-state index >= 15 is 0 Å². The number of nitrogens with zero attached hydrogens (tertiary/aromatic N) is 4. The lowest BCUT2D eigenvalue weighted by molar-refractivity contribution is 0.0678. The second-order valence-electron chi connectivity index (χ2n) is 8.01. The first-order valence-corrected chi connectivity index (χ1v) is 10.3. The predicted molar refractivity (Wildman–Crippen MR) is 109 cm³/mol. The maximum atomic E-state index is 13.2. The van der Waals surface area contributed by atoms with E-state index in [1.165, 1.54) is 0 Å². The zero-order valence-corrected chi connectivity index (χ0v) is 16.7. The van der Waals surface area contributed by atoms with Crippen LogP contribution < -0.4 is 4.90 Å². The summed E-state index contributed by atoms with van der Waals surface area (Å²) in [5.41, 5.74) is 2.16. The third-order valence-corrected chi connectivity index (χ3v) is 6.03. The normalized spacial score (nSPS) is 17.3. The molecule has 0 bridgehead atoms. The Hall–Kier alpha value is -2.63. The minimum atomic E-state index is -0.150. The van der Waals surface area contributed by atoms with Gasteiger partial charge in [0.1, 0.15) is 0 Å². The molecule has 2 aromatic rings. The van der Waals surface area contributed by atoms with Crippen molar-refractivity contribution in [1.29, 1.82) is 0 Å². The van der Waals surface area contributed by atoms with Crippen LogP contribution in [-0.2, 0) is 13.0 Å². The van der Waals surface area contributed by atoms with Crippen LogP contribution in [0, 0.1) is 5.92 Å². The molecule has 6 heteroatoms. The molecule has 0 atom stereocenters. The van der Waals surface area contributed by atoms with Gasteiger partial charge in [-0.3, -0.25) is 9.59 Å². The zero-order chi connectivity index (χ0) is 19.7. The standard InChI is InChI=1S/C22H28N4O2/c1-16-11-14-25(15-12-16)22(28)20-23-19(18-10-6-7-13-26(18)20)21(27)24(2)17-8-4-3-5-9-17/h3-5,8-9,16H,6-7,10-15H2,1-2H3. The second kappa shape index (κ2) is 7.78. The van der Waals surface area contributed by atoms with Gasteiger partial charge in [-0.2, -0.15) is 0 Å². The Bertz CT molecular complexity index is 866. The molecule has 1 aromatic heterocycles. The SMILES string of the molecule is CC1CCN(C(=O)c2nc(C(=O)N(C)c3ccccc3)c3n2CCCC3)CC1. The van der Waals surface area contributed by atoms with Crippen LogP contribution in [0.25, 0.3) is 0 Å². The molecule has 0 unspecified atom stereocenters. The lowest BCUT2D eigenvalue weighted by Crippen LogP contribution is -2.39. The number of fused-ring (bicyclic) bond motifs is 1. The van der Waals surface area contributed by atoms with Crippen molar-refractivity contribution in [2.45, 2.75) is 45.6 Å². The van der Waals surface area contributed by atoms with Gasteiger partial charge in [-0.05, 0) is 50.2 Å². The highest BCUT2D eigenvalue weighted by molar-refractivity contribution is 6.06. The molecule has 1 fully saturated rings. The number of benzene rings is 1. The number of amides is 2. The number of aromatic nitrogens is 2. The van der Waals surface area contributed by atoms with Crippen LogP contribution in [0.3, 0.4) is 0 Å². The van der Waals surface area contributed by atoms with Crippen molar-refractivity contribution in [3.63, 3.8) is 0 Å². The van der Waals surface area contributed by atoms with Gasteiger partial charge in [-0.1, -0.05) is 25.1 Å². The Labute approximate surface area is 166 Å². The monoisotopic (exact) mass is 380 g/mol. The predicted octanol–water partition coefficient (Wildman–Crippen LogP) is 3.37. The van der Waals surface area contributed by atoms with E-state index in [-0.39, 0.29) is 11.8 Å². The summed E-state index contributed by atoms with van der Waals surface area (Å²) in [6.07, 6.45) is 4.89. The number of carbonyl (C=O) groups is 2. The highest BCUT2D eigenvalue weighted by atomic mass is 16.2. The quantitative estimate of drug-likeness (QED) is 0.820. The van der Waals surface area contributed by atoms with E-state index in [0.717, 1.165) is 63.1 Å².